The molecule has 0 aliphatic carbocycles. The summed E-state index contributed by atoms with van der Waals surface area (Å²) in [6.45, 7) is 7.97. The van der Waals surface area contributed by atoms with E-state index in [0.717, 1.165) is 34.9 Å². The molecule has 0 aliphatic heterocycles. The third-order valence-corrected chi connectivity index (χ3v) is 3.16. The minimum absolute atomic E-state index is 0.261. The third kappa shape index (κ3) is 3.05. The first kappa shape index (κ1) is 14.3. The maximum Gasteiger partial charge on any atom is 0.149 e. The summed E-state index contributed by atoms with van der Waals surface area (Å²) in [6.07, 6.45) is 0.865. The lowest BCUT2D eigenvalue weighted by atomic mass is 9.99. The monoisotopic (exact) mass is 273 g/mol. The van der Waals surface area contributed by atoms with Crippen molar-refractivity contribution in [1.82, 2.24) is 0 Å². The Bertz CT molecular complexity index is 647. The first-order valence-corrected chi connectivity index (χ1v) is 6.52. The van der Waals surface area contributed by atoms with Crippen LogP contribution in [0.15, 0.2) is 43.0 Å². The van der Waals surface area contributed by atoms with Gasteiger partial charge < -0.3 is 5.32 Å². The van der Waals surface area contributed by atoms with E-state index >= 15 is 0 Å². The van der Waals surface area contributed by atoms with E-state index in [0.29, 0.717) is 0 Å². The van der Waals surface area contributed by atoms with Crippen LogP contribution in [0.1, 0.15) is 25.0 Å². The number of hydrogen-bond donors (Lipinski definition) is 1. The van der Waals surface area contributed by atoms with E-state index in [-0.39, 0.29) is 5.69 Å². The molecule has 3 heteroatoms. The lowest BCUT2D eigenvalue weighted by Gasteiger charge is -2.12. The topological polar surface area (TPSA) is 12.0 Å². The van der Waals surface area contributed by atoms with Gasteiger partial charge in [-0.15, -0.1) is 0 Å². The molecule has 20 heavy (non-hydrogen) atoms. The second-order valence-electron chi connectivity index (χ2n) is 4.75. The van der Waals surface area contributed by atoms with Crippen LogP contribution >= 0.6 is 0 Å². The van der Waals surface area contributed by atoms with Crippen molar-refractivity contribution >= 4 is 16.9 Å². The predicted molar refractivity (Wildman–Crippen MR) is 80.2 cm³/mol. The minimum Gasteiger partial charge on any atom is -0.353 e. The molecule has 104 valence electrons. The molecule has 2 rings (SSSR count). The number of benzene rings is 2. The molecular formula is C17H17F2N. The molecule has 0 bridgehead atoms. The maximum atomic E-state index is 13.6. The van der Waals surface area contributed by atoms with Gasteiger partial charge in [-0.2, -0.15) is 0 Å². The average Bonchev–Trinajstić information content (AvgIpc) is 2.41. The molecule has 2 aromatic rings. The van der Waals surface area contributed by atoms with E-state index in [4.69, 9.17) is 0 Å². The van der Waals surface area contributed by atoms with E-state index in [9.17, 15) is 8.78 Å². The number of halogens is 2. The third-order valence-electron chi connectivity index (χ3n) is 3.16. The molecule has 0 aliphatic rings. The number of aryl methyl sites for hydroxylation is 1. The molecule has 0 saturated heterocycles. The van der Waals surface area contributed by atoms with Crippen molar-refractivity contribution < 1.29 is 8.78 Å². The molecule has 0 saturated carbocycles. The Morgan fingerprint density at radius 1 is 1.15 bits per heavy atom. The van der Waals surface area contributed by atoms with Crippen molar-refractivity contribution in [3.05, 3.63) is 65.7 Å². The first-order valence-electron chi connectivity index (χ1n) is 6.52. The predicted octanol–water partition coefficient (Wildman–Crippen LogP) is 5.30. The molecule has 2 aromatic carbocycles. The number of allylic oxidation sites excluding steroid dienone is 1. The number of hydrogen-bond acceptors (Lipinski definition) is 1. The van der Waals surface area contributed by atoms with Crippen molar-refractivity contribution in [1.29, 1.82) is 0 Å². The zero-order valence-corrected chi connectivity index (χ0v) is 11.6. The normalized spacial score (nSPS) is 10.4. The zero-order chi connectivity index (χ0) is 14.7. The highest BCUT2D eigenvalue weighted by Crippen LogP contribution is 2.25. The van der Waals surface area contributed by atoms with Gasteiger partial charge in [0.05, 0.1) is 5.69 Å². The van der Waals surface area contributed by atoms with Gasteiger partial charge in [-0.25, -0.2) is 8.78 Å². The Labute approximate surface area is 118 Å². The molecule has 0 heterocycles. The summed E-state index contributed by atoms with van der Waals surface area (Å²) in [4.78, 5) is 0. The van der Waals surface area contributed by atoms with Crippen LogP contribution in [-0.4, -0.2) is 0 Å². The molecular weight excluding hydrogens is 256 g/mol. The zero-order valence-electron chi connectivity index (χ0n) is 11.6. The summed E-state index contributed by atoms with van der Waals surface area (Å²) in [5.41, 5.74) is 4.29. The van der Waals surface area contributed by atoms with Gasteiger partial charge in [-0.3, -0.25) is 0 Å². The Morgan fingerprint density at radius 2 is 1.90 bits per heavy atom. The van der Waals surface area contributed by atoms with Crippen LogP contribution < -0.4 is 5.32 Å². The van der Waals surface area contributed by atoms with Gasteiger partial charge in [0, 0.05) is 11.8 Å². The minimum atomic E-state index is -0.605. The molecule has 0 spiro atoms. The van der Waals surface area contributed by atoms with Crippen molar-refractivity contribution in [2.24, 2.45) is 0 Å². The van der Waals surface area contributed by atoms with Gasteiger partial charge in [0.1, 0.15) is 11.6 Å². The standard InChI is InChI=1S/C17H17F2N/c1-4-12-9-14(6-7-15(12)11(2)3)20-17-8-5-13(18)10-16(17)19/h5-10,20H,2,4H2,1,3H3. The van der Waals surface area contributed by atoms with Gasteiger partial charge >= 0.3 is 0 Å². The molecule has 0 amide bonds. The molecule has 0 atom stereocenters. The Hall–Kier alpha value is -2.16. The van der Waals surface area contributed by atoms with Crippen LogP contribution in [0.25, 0.3) is 5.57 Å². The van der Waals surface area contributed by atoms with Gasteiger partial charge in [0.25, 0.3) is 0 Å². The van der Waals surface area contributed by atoms with E-state index < -0.39 is 11.6 Å². The van der Waals surface area contributed by atoms with Crippen LogP contribution in [0.2, 0.25) is 0 Å². The van der Waals surface area contributed by atoms with Crippen LogP contribution in [0.3, 0.4) is 0 Å². The Morgan fingerprint density at radius 3 is 2.50 bits per heavy atom. The summed E-state index contributed by atoms with van der Waals surface area (Å²) in [7, 11) is 0. The van der Waals surface area contributed by atoms with Crippen LogP contribution in [-0.2, 0) is 6.42 Å². The average molecular weight is 273 g/mol. The summed E-state index contributed by atoms with van der Waals surface area (Å²) >= 11 is 0. The fraction of sp³-hybridized carbons (Fsp3) is 0.176. The molecule has 0 unspecified atom stereocenters. The Balaban J connectivity index is 2.32. The van der Waals surface area contributed by atoms with E-state index in [1.54, 1.807) is 0 Å². The summed E-state index contributed by atoms with van der Waals surface area (Å²) < 4.78 is 26.5. The van der Waals surface area contributed by atoms with Crippen molar-refractivity contribution in [2.45, 2.75) is 20.3 Å². The molecule has 0 aromatic heterocycles. The second-order valence-corrected chi connectivity index (χ2v) is 4.75. The van der Waals surface area contributed by atoms with E-state index in [2.05, 4.69) is 18.8 Å². The van der Waals surface area contributed by atoms with Gasteiger partial charge in [-0.1, -0.05) is 25.1 Å². The fourth-order valence-corrected chi connectivity index (χ4v) is 2.13. The van der Waals surface area contributed by atoms with Crippen LogP contribution in [0.5, 0.6) is 0 Å². The summed E-state index contributed by atoms with van der Waals surface area (Å²) in [5.74, 6) is -1.19. The highest BCUT2D eigenvalue weighted by molar-refractivity contribution is 5.69. The quantitative estimate of drug-likeness (QED) is 0.796. The fourth-order valence-electron chi connectivity index (χ4n) is 2.13. The highest BCUT2D eigenvalue weighted by atomic mass is 19.1. The lowest BCUT2D eigenvalue weighted by Crippen LogP contribution is -1.97. The first-order chi connectivity index (χ1) is 9.51. The molecule has 0 fully saturated rings. The van der Waals surface area contributed by atoms with E-state index in [1.807, 2.05) is 25.1 Å². The lowest BCUT2D eigenvalue weighted by molar-refractivity contribution is 0.586. The summed E-state index contributed by atoms with van der Waals surface area (Å²) in [5, 5.41) is 2.97. The van der Waals surface area contributed by atoms with Crippen molar-refractivity contribution in [2.75, 3.05) is 5.32 Å². The molecule has 1 N–H and O–H groups in total. The van der Waals surface area contributed by atoms with Gasteiger partial charge in [-0.05, 0) is 48.7 Å². The van der Waals surface area contributed by atoms with Crippen LogP contribution in [0, 0.1) is 11.6 Å². The molecule has 0 radical (unpaired) electrons. The van der Waals surface area contributed by atoms with E-state index in [1.165, 1.54) is 12.1 Å². The SMILES string of the molecule is C=C(C)c1ccc(Nc2ccc(F)cc2F)cc1CC. The molecule has 1 nitrogen and oxygen atoms in total. The van der Waals surface area contributed by atoms with Crippen molar-refractivity contribution in [3.63, 3.8) is 0 Å². The maximum absolute atomic E-state index is 13.6. The van der Waals surface area contributed by atoms with Crippen LogP contribution in [0.4, 0.5) is 20.2 Å². The van der Waals surface area contributed by atoms with Gasteiger partial charge in [0.2, 0.25) is 0 Å². The van der Waals surface area contributed by atoms with Gasteiger partial charge in [0.15, 0.2) is 0 Å². The Kier molecular flexibility index (Phi) is 4.18. The number of anilines is 2. The van der Waals surface area contributed by atoms with Crippen molar-refractivity contribution in [3.8, 4) is 0 Å². The highest BCUT2D eigenvalue weighted by Gasteiger charge is 2.06. The smallest absolute Gasteiger partial charge is 0.149 e. The number of rotatable bonds is 4. The number of nitrogens with one attached hydrogen (secondary N) is 1. The largest absolute Gasteiger partial charge is 0.353 e. The second kappa shape index (κ2) is 5.87. The summed E-state index contributed by atoms with van der Waals surface area (Å²) in [6, 6.07) is 9.28.